The maximum Gasteiger partial charge on any atom is 0.0456 e. The number of nitrogens with one attached hydrogen (secondary N) is 1. The first-order valence-electron chi connectivity index (χ1n) is 7.18. The van der Waals surface area contributed by atoms with Crippen LogP contribution in [0.1, 0.15) is 33.8 Å². The molecule has 0 saturated carbocycles. The van der Waals surface area contributed by atoms with Crippen molar-refractivity contribution in [2.45, 2.75) is 31.6 Å². The molecule has 0 saturated heterocycles. The van der Waals surface area contributed by atoms with Crippen LogP contribution >= 0.6 is 23.1 Å². The van der Waals surface area contributed by atoms with Crippen LogP contribution in [-0.4, -0.2) is 17.3 Å². The lowest BCUT2D eigenvalue weighted by atomic mass is 10.1. The molecule has 3 rings (SSSR count). The van der Waals surface area contributed by atoms with Crippen molar-refractivity contribution >= 4 is 23.1 Å². The van der Waals surface area contributed by atoms with E-state index >= 15 is 0 Å². The summed E-state index contributed by atoms with van der Waals surface area (Å²) in [6, 6.07) is 7.04. The molecule has 2 aromatic heterocycles. The van der Waals surface area contributed by atoms with Crippen LogP contribution in [0, 0.1) is 0 Å². The molecule has 1 N–H and O–H groups in total. The molecular weight excluding hydrogens is 284 g/mol. The van der Waals surface area contributed by atoms with Gasteiger partial charge in [0, 0.05) is 33.9 Å². The Hall–Kier alpha value is -0.840. The van der Waals surface area contributed by atoms with Crippen molar-refractivity contribution in [3.8, 4) is 0 Å². The monoisotopic (exact) mass is 304 g/mol. The largest absolute Gasteiger partial charge is 0.309 e. The van der Waals surface area contributed by atoms with Gasteiger partial charge in [0.25, 0.3) is 0 Å². The zero-order valence-corrected chi connectivity index (χ0v) is 13.4. The summed E-state index contributed by atoms with van der Waals surface area (Å²) < 4.78 is 0. The second-order valence-corrected chi connectivity index (χ2v) is 7.35. The van der Waals surface area contributed by atoms with E-state index in [0.717, 1.165) is 13.0 Å². The van der Waals surface area contributed by atoms with E-state index in [2.05, 4.69) is 41.1 Å². The van der Waals surface area contributed by atoms with E-state index < -0.39 is 0 Å². The van der Waals surface area contributed by atoms with E-state index in [1.165, 1.54) is 28.4 Å². The fourth-order valence-electron chi connectivity index (χ4n) is 2.62. The van der Waals surface area contributed by atoms with Crippen molar-refractivity contribution in [2.24, 2.45) is 0 Å². The lowest BCUT2D eigenvalue weighted by Gasteiger charge is -2.16. The average molecular weight is 304 g/mol. The SMILES string of the molecule is CCNC(Cc1cccnc1)c1cc2c(s1)CCSC2. The highest BCUT2D eigenvalue weighted by Gasteiger charge is 2.19. The van der Waals surface area contributed by atoms with Gasteiger partial charge in [0.15, 0.2) is 0 Å². The Morgan fingerprint density at radius 2 is 2.40 bits per heavy atom. The van der Waals surface area contributed by atoms with Crippen LogP contribution in [0.25, 0.3) is 0 Å². The number of hydrogen-bond acceptors (Lipinski definition) is 4. The van der Waals surface area contributed by atoms with Crippen LogP contribution in [0.4, 0.5) is 0 Å². The molecular formula is C16H20N2S2. The number of pyridine rings is 1. The molecule has 0 amide bonds. The second-order valence-electron chi connectivity index (χ2n) is 5.08. The topological polar surface area (TPSA) is 24.9 Å². The predicted octanol–water partition coefficient (Wildman–Crippen LogP) is 3.83. The molecule has 3 heterocycles. The number of aryl methyl sites for hydroxylation is 1. The summed E-state index contributed by atoms with van der Waals surface area (Å²) in [5.41, 5.74) is 2.87. The molecule has 0 aromatic carbocycles. The standard InChI is InChI=1S/C16H20N2S2/c1-2-18-14(8-12-4-3-6-17-10-12)16-9-13-11-19-7-5-15(13)20-16/h3-4,6,9-10,14,18H,2,5,7-8,11H2,1H3. The smallest absolute Gasteiger partial charge is 0.0456 e. The third-order valence-electron chi connectivity index (χ3n) is 3.60. The summed E-state index contributed by atoms with van der Waals surface area (Å²) in [6.07, 6.45) is 6.09. The Morgan fingerprint density at radius 1 is 1.45 bits per heavy atom. The molecule has 0 radical (unpaired) electrons. The third-order valence-corrected chi connectivity index (χ3v) is 5.96. The maximum atomic E-state index is 4.23. The first kappa shape index (κ1) is 14.1. The van der Waals surface area contributed by atoms with Crippen LogP contribution in [-0.2, 0) is 18.6 Å². The van der Waals surface area contributed by atoms with Crippen molar-refractivity contribution in [2.75, 3.05) is 12.3 Å². The molecule has 2 nitrogen and oxygen atoms in total. The highest BCUT2D eigenvalue weighted by atomic mass is 32.2. The summed E-state index contributed by atoms with van der Waals surface area (Å²) in [5, 5.41) is 3.63. The van der Waals surface area contributed by atoms with Gasteiger partial charge >= 0.3 is 0 Å². The molecule has 1 aliphatic rings. The van der Waals surface area contributed by atoms with Crippen LogP contribution in [0.5, 0.6) is 0 Å². The number of fused-ring (bicyclic) bond motifs is 1. The Bertz CT molecular complexity index is 527. The lowest BCUT2D eigenvalue weighted by Crippen LogP contribution is -2.22. The maximum absolute atomic E-state index is 4.23. The van der Waals surface area contributed by atoms with Gasteiger partial charge in [0.05, 0.1) is 0 Å². The fourth-order valence-corrected chi connectivity index (χ4v) is 5.07. The van der Waals surface area contributed by atoms with Gasteiger partial charge in [0.2, 0.25) is 0 Å². The van der Waals surface area contributed by atoms with Crippen molar-refractivity contribution in [1.29, 1.82) is 0 Å². The van der Waals surface area contributed by atoms with Crippen molar-refractivity contribution < 1.29 is 0 Å². The highest BCUT2D eigenvalue weighted by molar-refractivity contribution is 7.98. The molecule has 1 aliphatic heterocycles. The second kappa shape index (κ2) is 6.74. The number of nitrogens with zero attached hydrogens (tertiary/aromatic N) is 1. The Labute approximate surface area is 129 Å². The summed E-state index contributed by atoms with van der Waals surface area (Å²) in [4.78, 5) is 7.32. The van der Waals surface area contributed by atoms with Gasteiger partial charge in [-0.05, 0) is 48.4 Å². The molecule has 0 spiro atoms. The predicted molar refractivity (Wildman–Crippen MR) is 88.5 cm³/mol. The number of hydrogen-bond donors (Lipinski definition) is 1. The minimum absolute atomic E-state index is 0.421. The quantitative estimate of drug-likeness (QED) is 0.909. The Kier molecular flexibility index (Phi) is 4.76. The van der Waals surface area contributed by atoms with Gasteiger partial charge in [0.1, 0.15) is 0 Å². The molecule has 1 atom stereocenters. The van der Waals surface area contributed by atoms with E-state index in [9.17, 15) is 0 Å². The molecule has 0 fully saturated rings. The first-order valence-corrected chi connectivity index (χ1v) is 9.15. The van der Waals surface area contributed by atoms with Gasteiger partial charge in [-0.1, -0.05) is 13.0 Å². The van der Waals surface area contributed by atoms with E-state index in [1.807, 2.05) is 29.8 Å². The van der Waals surface area contributed by atoms with Gasteiger partial charge in [-0.15, -0.1) is 11.3 Å². The average Bonchev–Trinajstić information content (AvgIpc) is 2.92. The zero-order chi connectivity index (χ0) is 13.8. The summed E-state index contributed by atoms with van der Waals surface area (Å²) in [5.74, 6) is 2.47. The minimum Gasteiger partial charge on any atom is -0.309 e. The fraction of sp³-hybridized carbons (Fsp3) is 0.438. The van der Waals surface area contributed by atoms with Crippen LogP contribution in [0.15, 0.2) is 30.6 Å². The molecule has 2 aromatic rings. The number of rotatable bonds is 5. The van der Waals surface area contributed by atoms with Crippen LogP contribution in [0.2, 0.25) is 0 Å². The third kappa shape index (κ3) is 3.25. The molecule has 1 unspecified atom stereocenters. The summed E-state index contributed by atoms with van der Waals surface area (Å²) in [7, 11) is 0. The van der Waals surface area contributed by atoms with Gasteiger partial charge in [-0.25, -0.2) is 0 Å². The van der Waals surface area contributed by atoms with E-state index in [-0.39, 0.29) is 0 Å². The lowest BCUT2D eigenvalue weighted by molar-refractivity contribution is 0.557. The molecule has 4 heteroatoms. The zero-order valence-electron chi connectivity index (χ0n) is 11.8. The molecule has 106 valence electrons. The van der Waals surface area contributed by atoms with Crippen LogP contribution in [0.3, 0.4) is 0 Å². The summed E-state index contributed by atoms with van der Waals surface area (Å²) >= 11 is 4.06. The normalized spacial score (nSPS) is 15.8. The van der Waals surface area contributed by atoms with Crippen molar-refractivity contribution in [1.82, 2.24) is 10.3 Å². The van der Waals surface area contributed by atoms with Gasteiger partial charge < -0.3 is 5.32 Å². The Balaban J connectivity index is 1.81. The van der Waals surface area contributed by atoms with E-state index in [4.69, 9.17) is 0 Å². The highest BCUT2D eigenvalue weighted by Crippen LogP contribution is 2.35. The summed E-state index contributed by atoms with van der Waals surface area (Å²) in [6.45, 7) is 3.18. The Morgan fingerprint density at radius 3 is 3.15 bits per heavy atom. The first-order chi connectivity index (χ1) is 9.86. The number of thioether (sulfide) groups is 1. The van der Waals surface area contributed by atoms with E-state index in [0.29, 0.717) is 6.04 Å². The van der Waals surface area contributed by atoms with Crippen molar-refractivity contribution in [3.63, 3.8) is 0 Å². The van der Waals surface area contributed by atoms with Crippen LogP contribution < -0.4 is 5.32 Å². The van der Waals surface area contributed by atoms with Gasteiger partial charge in [-0.2, -0.15) is 11.8 Å². The molecule has 20 heavy (non-hydrogen) atoms. The molecule has 0 bridgehead atoms. The van der Waals surface area contributed by atoms with Crippen molar-refractivity contribution in [3.05, 3.63) is 51.5 Å². The minimum atomic E-state index is 0.421. The number of likely N-dealkylation sites (N-methyl/N-ethyl adjacent to an activating group) is 1. The number of thiophene rings is 1. The van der Waals surface area contributed by atoms with E-state index in [1.54, 1.807) is 10.4 Å². The number of aromatic nitrogens is 1. The van der Waals surface area contributed by atoms with Gasteiger partial charge in [-0.3, -0.25) is 4.98 Å². The molecule has 0 aliphatic carbocycles.